The molecule has 1 fully saturated rings. The van der Waals surface area contributed by atoms with E-state index in [2.05, 4.69) is 15.5 Å². The maximum absolute atomic E-state index is 13.6. The molecule has 4 nitrogen and oxygen atoms in total. The summed E-state index contributed by atoms with van der Waals surface area (Å²) in [6.07, 6.45) is 0. The van der Waals surface area contributed by atoms with Crippen LogP contribution in [0.5, 0.6) is 0 Å². The molecule has 6 heteroatoms. The van der Waals surface area contributed by atoms with Gasteiger partial charge in [-0.1, -0.05) is 29.8 Å². The molecule has 1 saturated heterocycles. The van der Waals surface area contributed by atoms with Gasteiger partial charge in [-0.3, -0.25) is 9.69 Å². The summed E-state index contributed by atoms with van der Waals surface area (Å²) in [4.78, 5) is 14.6. The molecule has 0 spiro atoms. The molecular weight excluding hydrogens is 341 g/mol. The lowest BCUT2D eigenvalue weighted by Crippen LogP contribution is -2.48. The minimum absolute atomic E-state index is 0.0318. The van der Waals surface area contributed by atoms with E-state index in [4.69, 9.17) is 11.6 Å². The number of aryl methyl sites for hydroxylation is 1. The average molecular weight is 362 g/mol. The Morgan fingerprint density at radius 3 is 3.00 bits per heavy atom. The molecule has 1 heterocycles. The number of nitrogens with zero attached hydrogens (tertiary/aromatic N) is 1. The van der Waals surface area contributed by atoms with Gasteiger partial charge in [0.05, 0.1) is 6.54 Å². The maximum Gasteiger partial charge on any atom is 0.238 e. The number of benzene rings is 2. The zero-order valence-electron chi connectivity index (χ0n) is 14.1. The number of anilines is 1. The highest BCUT2D eigenvalue weighted by atomic mass is 35.5. The summed E-state index contributed by atoms with van der Waals surface area (Å²) in [5, 5.41) is 6.82. The highest BCUT2D eigenvalue weighted by molar-refractivity contribution is 6.31. The van der Waals surface area contributed by atoms with Crippen LogP contribution in [0.25, 0.3) is 0 Å². The van der Waals surface area contributed by atoms with Crippen LogP contribution in [0.4, 0.5) is 10.1 Å². The van der Waals surface area contributed by atoms with E-state index in [1.165, 1.54) is 12.1 Å². The van der Waals surface area contributed by atoms with E-state index in [0.29, 0.717) is 11.6 Å². The number of carbonyl (C=O) groups is 1. The van der Waals surface area contributed by atoms with Crippen molar-refractivity contribution in [1.82, 2.24) is 10.2 Å². The van der Waals surface area contributed by atoms with E-state index in [9.17, 15) is 9.18 Å². The molecule has 1 amide bonds. The van der Waals surface area contributed by atoms with Gasteiger partial charge in [0.15, 0.2) is 0 Å². The number of carbonyl (C=O) groups excluding carboxylic acids is 1. The Morgan fingerprint density at radius 1 is 1.36 bits per heavy atom. The highest BCUT2D eigenvalue weighted by Gasteiger charge is 2.25. The zero-order chi connectivity index (χ0) is 17.8. The van der Waals surface area contributed by atoms with Crippen LogP contribution in [0.3, 0.4) is 0 Å². The molecule has 2 aromatic carbocycles. The third kappa shape index (κ3) is 4.57. The molecule has 2 N–H and O–H groups in total. The Hall–Kier alpha value is -1.95. The Bertz CT molecular complexity index is 768. The fourth-order valence-electron chi connectivity index (χ4n) is 3.08. The Balaban J connectivity index is 1.71. The number of nitrogens with one attached hydrogen (secondary N) is 2. The second kappa shape index (κ2) is 7.95. The molecule has 0 saturated carbocycles. The lowest BCUT2D eigenvalue weighted by Gasteiger charge is -2.36. The van der Waals surface area contributed by atoms with E-state index in [1.807, 2.05) is 19.1 Å². The smallest absolute Gasteiger partial charge is 0.238 e. The van der Waals surface area contributed by atoms with Gasteiger partial charge in [0.25, 0.3) is 0 Å². The van der Waals surface area contributed by atoms with Crippen molar-refractivity contribution in [3.63, 3.8) is 0 Å². The largest absolute Gasteiger partial charge is 0.325 e. The lowest BCUT2D eigenvalue weighted by atomic mass is 10.0. The van der Waals surface area contributed by atoms with Crippen LogP contribution in [0.1, 0.15) is 17.2 Å². The second-order valence-electron chi connectivity index (χ2n) is 6.25. The van der Waals surface area contributed by atoms with Gasteiger partial charge in [0.1, 0.15) is 5.82 Å². The minimum Gasteiger partial charge on any atom is -0.325 e. The lowest BCUT2D eigenvalue weighted by molar-refractivity contribution is -0.118. The van der Waals surface area contributed by atoms with Crippen LogP contribution in [0.15, 0.2) is 42.5 Å². The Morgan fingerprint density at radius 2 is 2.20 bits per heavy atom. The summed E-state index contributed by atoms with van der Waals surface area (Å²) in [5.41, 5.74) is 2.55. The first-order valence-corrected chi connectivity index (χ1v) is 8.67. The van der Waals surface area contributed by atoms with E-state index in [-0.39, 0.29) is 24.3 Å². The number of halogens is 2. The van der Waals surface area contributed by atoms with E-state index < -0.39 is 0 Å². The number of rotatable bonds is 4. The van der Waals surface area contributed by atoms with Crippen molar-refractivity contribution in [1.29, 1.82) is 0 Å². The molecular formula is C19H21ClFN3O. The number of piperazine rings is 1. The normalized spacial score (nSPS) is 18.1. The van der Waals surface area contributed by atoms with Crippen molar-refractivity contribution in [2.24, 2.45) is 0 Å². The molecule has 1 aliphatic heterocycles. The summed E-state index contributed by atoms with van der Waals surface area (Å²) in [5.74, 6) is -0.365. The molecule has 0 radical (unpaired) electrons. The Labute approximate surface area is 152 Å². The first-order valence-electron chi connectivity index (χ1n) is 8.29. The van der Waals surface area contributed by atoms with E-state index in [1.54, 1.807) is 18.2 Å². The van der Waals surface area contributed by atoms with Gasteiger partial charge in [-0.2, -0.15) is 0 Å². The SMILES string of the molecule is Cc1ccc(Cl)cc1NC(=O)CN1CCNCC1c1cccc(F)c1. The van der Waals surface area contributed by atoms with E-state index in [0.717, 1.165) is 29.9 Å². The van der Waals surface area contributed by atoms with Gasteiger partial charge in [-0.15, -0.1) is 0 Å². The van der Waals surface area contributed by atoms with Crippen LogP contribution in [0, 0.1) is 12.7 Å². The van der Waals surface area contributed by atoms with Gasteiger partial charge in [-0.05, 0) is 42.3 Å². The topological polar surface area (TPSA) is 44.4 Å². The quantitative estimate of drug-likeness (QED) is 0.877. The third-order valence-corrected chi connectivity index (χ3v) is 4.64. The van der Waals surface area contributed by atoms with Crippen molar-refractivity contribution in [2.75, 3.05) is 31.5 Å². The van der Waals surface area contributed by atoms with Crippen molar-refractivity contribution < 1.29 is 9.18 Å². The summed E-state index contributed by atoms with van der Waals surface area (Å²) in [6.45, 7) is 4.38. The van der Waals surface area contributed by atoms with Crippen molar-refractivity contribution >= 4 is 23.2 Å². The fourth-order valence-corrected chi connectivity index (χ4v) is 3.25. The maximum atomic E-state index is 13.6. The molecule has 25 heavy (non-hydrogen) atoms. The van der Waals surface area contributed by atoms with Gasteiger partial charge in [0.2, 0.25) is 5.91 Å². The Kier molecular flexibility index (Phi) is 5.68. The fraction of sp³-hybridized carbons (Fsp3) is 0.316. The molecule has 132 valence electrons. The number of hydrogen-bond donors (Lipinski definition) is 2. The zero-order valence-corrected chi connectivity index (χ0v) is 14.8. The van der Waals surface area contributed by atoms with Gasteiger partial charge in [0, 0.05) is 36.4 Å². The standard InChI is InChI=1S/C19H21ClFN3O/c1-13-5-6-15(20)10-17(13)23-19(25)12-24-8-7-22-11-18(24)14-3-2-4-16(21)9-14/h2-6,9-10,18,22H,7-8,11-12H2,1H3,(H,23,25). The molecule has 0 bridgehead atoms. The number of amides is 1. The minimum atomic E-state index is -0.262. The van der Waals surface area contributed by atoms with Gasteiger partial charge in [-0.25, -0.2) is 4.39 Å². The predicted octanol–water partition coefficient (Wildman–Crippen LogP) is 3.37. The average Bonchev–Trinajstić information content (AvgIpc) is 2.58. The summed E-state index contributed by atoms with van der Waals surface area (Å²) >= 11 is 6.00. The molecule has 3 rings (SSSR count). The first-order chi connectivity index (χ1) is 12.0. The van der Waals surface area contributed by atoms with Crippen molar-refractivity contribution in [2.45, 2.75) is 13.0 Å². The van der Waals surface area contributed by atoms with E-state index >= 15 is 0 Å². The third-order valence-electron chi connectivity index (χ3n) is 4.41. The van der Waals surface area contributed by atoms with Crippen LogP contribution in [-0.4, -0.2) is 37.0 Å². The van der Waals surface area contributed by atoms with Crippen LogP contribution >= 0.6 is 11.6 Å². The van der Waals surface area contributed by atoms with Gasteiger partial charge >= 0.3 is 0 Å². The molecule has 2 aromatic rings. The number of hydrogen-bond acceptors (Lipinski definition) is 3. The monoisotopic (exact) mass is 361 g/mol. The molecule has 1 unspecified atom stereocenters. The van der Waals surface area contributed by atoms with Crippen LogP contribution in [0.2, 0.25) is 5.02 Å². The summed E-state index contributed by atoms with van der Waals surface area (Å²) in [7, 11) is 0. The molecule has 0 aromatic heterocycles. The molecule has 1 aliphatic rings. The van der Waals surface area contributed by atoms with Crippen LogP contribution in [-0.2, 0) is 4.79 Å². The second-order valence-corrected chi connectivity index (χ2v) is 6.69. The van der Waals surface area contributed by atoms with Crippen LogP contribution < -0.4 is 10.6 Å². The summed E-state index contributed by atoms with van der Waals surface area (Å²) in [6, 6.07) is 11.9. The van der Waals surface area contributed by atoms with Gasteiger partial charge < -0.3 is 10.6 Å². The molecule has 0 aliphatic carbocycles. The van der Waals surface area contributed by atoms with Crippen molar-refractivity contribution in [3.8, 4) is 0 Å². The highest BCUT2D eigenvalue weighted by Crippen LogP contribution is 2.24. The molecule has 1 atom stereocenters. The van der Waals surface area contributed by atoms with Crippen molar-refractivity contribution in [3.05, 3.63) is 64.4 Å². The first kappa shape index (κ1) is 17.9. The summed E-state index contributed by atoms with van der Waals surface area (Å²) < 4.78 is 13.6. The predicted molar refractivity (Wildman–Crippen MR) is 98.4 cm³/mol.